The first-order valence-electron chi connectivity index (χ1n) is 15.9. The van der Waals surface area contributed by atoms with Crippen molar-refractivity contribution in [1.29, 1.82) is 0 Å². The predicted molar refractivity (Wildman–Crippen MR) is 173 cm³/mol. The van der Waals surface area contributed by atoms with Crippen LogP contribution in [0.3, 0.4) is 0 Å². The molecule has 0 spiro atoms. The topological polar surface area (TPSA) is 135 Å². The van der Waals surface area contributed by atoms with Gasteiger partial charge < -0.3 is 29.0 Å². The summed E-state index contributed by atoms with van der Waals surface area (Å²) in [6.07, 6.45) is 10.5. The second kappa shape index (κ2) is 20.0. The second-order valence-corrected chi connectivity index (χ2v) is 10.8. The standard InChI is InChI=1S/C33H46N2O4.C2H2O4/c1-5-9-13-27-24-29-25-28(33(37)38-8-4)18-22-35(29)31(27)32(36)26-14-16-30(17-15-26)39-23-12-21-34(19-10-6-2)20-11-7-3;3-1(4)2(5)6/h14-18,22,24-25H,5-13,19-21,23H2,1-4H3;(H,3,4)(H,5,6). The number of rotatable bonds is 18. The molecular formula is C35H48N2O8. The van der Waals surface area contributed by atoms with Gasteiger partial charge in [-0.3, -0.25) is 4.79 Å². The third kappa shape index (κ3) is 12.0. The summed E-state index contributed by atoms with van der Waals surface area (Å²) in [4.78, 5) is 46.7. The minimum absolute atomic E-state index is 0.0287. The third-order valence-electron chi connectivity index (χ3n) is 7.22. The maximum Gasteiger partial charge on any atom is 0.414 e. The Balaban J connectivity index is 0.00000107. The van der Waals surface area contributed by atoms with Gasteiger partial charge in [-0.05, 0) is 100 Å². The first-order valence-corrected chi connectivity index (χ1v) is 15.9. The van der Waals surface area contributed by atoms with Crippen LogP contribution in [0.2, 0.25) is 0 Å². The van der Waals surface area contributed by atoms with Gasteiger partial charge in [0.05, 0.1) is 24.5 Å². The highest BCUT2D eigenvalue weighted by molar-refractivity contribution is 6.27. The first kappa shape index (κ1) is 37.0. The lowest BCUT2D eigenvalue weighted by molar-refractivity contribution is -0.159. The Kier molecular flexibility index (Phi) is 16.4. The van der Waals surface area contributed by atoms with Gasteiger partial charge in [0.25, 0.3) is 0 Å². The van der Waals surface area contributed by atoms with Crippen LogP contribution in [-0.2, 0) is 20.7 Å². The van der Waals surface area contributed by atoms with E-state index in [0.717, 1.165) is 62.1 Å². The van der Waals surface area contributed by atoms with Gasteiger partial charge in [0.2, 0.25) is 5.78 Å². The average Bonchev–Trinajstić information content (AvgIpc) is 3.40. The number of nitrogens with zero attached hydrogens (tertiary/aromatic N) is 2. The highest BCUT2D eigenvalue weighted by atomic mass is 16.5. The number of pyridine rings is 1. The zero-order valence-electron chi connectivity index (χ0n) is 27.0. The molecule has 0 radical (unpaired) electrons. The number of esters is 1. The maximum absolute atomic E-state index is 13.7. The molecule has 10 heteroatoms. The number of hydrogen-bond donors (Lipinski definition) is 2. The van der Waals surface area contributed by atoms with E-state index in [1.807, 2.05) is 34.7 Å². The molecule has 0 fully saturated rings. The quantitative estimate of drug-likeness (QED) is 0.0702. The maximum atomic E-state index is 13.7. The monoisotopic (exact) mass is 624 g/mol. The summed E-state index contributed by atoms with van der Waals surface area (Å²) in [6.45, 7) is 12.8. The van der Waals surface area contributed by atoms with Gasteiger partial charge in [-0.25, -0.2) is 14.4 Å². The fourth-order valence-corrected chi connectivity index (χ4v) is 4.81. The summed E-state index contributed by atoms with van der Waals surface area (Å²) >= 11 is 0. The van der Waals surface area contributed by atoms with Crippen molar-refractivity contribution >= 4 is 29.2 Å². The number of carbonyl (C=O) groups is 4. The molecule has 0 saturated heterocycles. The Morgan fingerprint density at radius 2 is 1.36 bits per heavy atom. The number of carboxylic acid groups (broad SMARTS) is 2. The van der Waals surface area contributed by atoms with Crippen LogP contribution in [0.1, 0.15) is 105 Å². The molecule has 0 aliphatic rings. The van der Waals surface area contributed by atoms with Gasteiger partial charge in [0.1, 0.15) is 5.75 Å². The Bertz CT molecular complexity index is 1360. The highest BCUT2D eigenvalue weighted by Crippen LogP contribution is 2.24. The minimum atomic E-state index is -1.82. The van der Waals surface area contributed by atoms with Crippen LogP contribution in [0, 0.1) is 0 Å². The summed E-state index contributed by atoms with van der Waals surface area (Å²) in [7, 11) is 0. The van der Waals surface area contributed by atoms with Gasteiger partial charge >= 0.3 is 17.9 Å². The highest BCUT2D eigenvalue weighted by Gasteiger charge is 2.20. The van der Waals surface area contributed by atoms with Crippen molar-refractivity contribution in [2.75, 3.05) is 32.8 Å². The number of unbranched alkanes of at least 4 members (excludes halogenated alkanes) is 3. The van der Waals surface area contributed by atoms with Crippen LogP contribution >= 0.6 is 0 Å². The van der Waals surface area contributed by atoms with E-state index in [9.17, 15) is 9.59 Å². The van der Waals surface area contributed by atoms with Crippen LogP contribution < -0.4 is 4.74 Å². The summed E-state index contributed by atoms with van der Waals surface area (Å²) in [6, 6.07) is 13.0. The third-order valence-corrected chi connectivity index (χ3v) is 7.22. The zero-order valence-corrected chi connectivity index (χ0v) is 27.0. The van der Waals surface area contributed by atoms with Crippen molar-refractivity contribution in [2.45, 2.75) is 79.1 Å². The minimum Gasteiger partial charge on any atom is -0.494 e. The second-order valence-electron chi connectivity index (χ2n) is 10.8. The van der Waals surface area contributed by atoms with Crippen molar-refractivity contribution in [3.63, 3.8) is 0 Å². The van der Waals surface area contributed by atoms with E-state index < -0.39 is 11.9 Å². The number of benzene rings is 1. The Morgan fingerprint density at radius 3 is 1.91 bits per heavy atom. The molecule has 45 heavy (non-hydrogen) atoms. The largest absolute Gasteiger partial charge is 0.494 e. The lowest BCUT2D eigenvalue weighted by atomic mass is 10.0. The lowest BCUT2D eigenvalue weighted by Crippen LogP contribution is -2.28. The SMILES string of the molecule is CCCCc1cc2cc(C(=O)OCC)ccn2c1C(=O)c1ccc(OCCCN(CCCC)CCCC)cc1.O=C(O)C(=O)O. The lowest BCUT2D eigenvalue weighted by Gasteiger charge is -2.21. The summed E-state index contributed by atoms with van der Waals surface area (Å²) in [5, 5.41) is 14.8. The van der Waals surface area contributed by atoms with Crippen molar-refractivity contribution in [3.8, 4) is 5.75 Å². The number of aliphatic carboxylic acids is 2. The smallest absolute Gasteiger partial charge is 0.414 e. The van der Waals surface area contributed by atoms with Crippen molar-refractivity contribution in [2.24, 2.45) is 0 Å². The molecule has 2 aromatic heterocycles. The number of hydrogen-bond acceptors (Lipinski definition) is 7. The van der Waals surface area contributed by atoms with Gasteiger partial charge in [-0.2, -0.15) is 0 Å². The van der Waals surface area contributed by atoms with Gasteiger partial charge in [-0.1, -0.05) is 40.0 Å². The summed E-state index contributed by atoms with van der Waals surface area (Å²) in [5.74, 6) is -3.25. The molecule has 3 rings (SSSR count). The van der Waals surface area contributed by atoms with Crippen LogP contribution in [0.25, 0.3) is 5.52 Å². The Hall–Kier alpha value is -4.18. The zero-order chi connectivity index (χ0) is 33.2. The molecule has 1 aromatic carbocycles. The average molecular weight is 625 g/mol. The van der Waals surface area contributed by atoms with Crippen molar-refractivity contribution < 1.29 is 38.9 Å². The molecule has 0 unspecified atom stereocenters. The van der Waals surface area contributed by atoms with E-state index >= 15 is 0 Å². The fourth-order valence-electron chi connectivity index (χ4n) is 4.81. The molecule has 3 aromatic rings. The van der Waals surface area contributed by atoms with Gasteiger partial charge in [-0.15, -0.1) is 0 Å². The number of ether oxygens (including phenoxy) is 2. The Labute approximate surface area is 265 Å². The Morgan fingerprint density at radius 1 is 0.756 bits per heavy atom. The van der Waals surface area contributed by atoms with E-state index in [-0.39, 0.29) is 11.8 Å². The van der Waals surface area contributed by atoms with Crippen LogP contribution in [0.5, 0.6) is 5.75 Å². The number of carboxylic acids is 2. The number of aryl methyl sites for hydroxylation is 1. The predicted octanol–water partition coefficient (Wildman–Crippen LogP) is 6.52. The fraction of sp³-hybridized carbons (Fsp3) is 0.486. The van der Waals surface area contributed by atoms with Crippen molar-refractivity contribution in [3.05, 3.63) is 71.0 Å². The number of aromatic nitrogens is 1. The molecule has 2 heterocycles. The summed E-state index contributed by atoms with van der Waals surface area (Å²) in [5.41, 5.74) is 3.59. The van der Waals surface area contributed by atoms with E-state index in [1.54, 1.807) is 25.3 Å². The first-order chi connectivity index (χ1) is 21.7. The van der Waals surface area contributed by atoms with Crippen LogP contribution in [0.4, 0.5) is 0 Å². The van der Waals surface area contributed by atoms with Crippen LogP contribution in [-0.4, -0.2) is 76.1 Å². The number of ketones is 1. The summed E-state index contributed by atoms with van der Waals surface area (Å²) < 4.78 is 13.1. The van der Waals surface area contributed by atoms with E-state index in [2.05, 4.69) is 25.7 Å². The van der Waals surface area contributed by atoms with Crippen molar-refractivity contribution in [1.82, 2.24) is 9.30 Å². The molecule has 2 N–H and O–H groups in total. The molecule has 10 nitrogen and oxygen atoms in total. The van der Waals surface area contributed by atoms with E-state index in [1.165, 1.54) is 25.7 Å². The molecular weight excluding hydrogens is 576 g/mol. The number of fused-ring (bicyclic) bond motifs is 1. The molecule has 0 aliphatic heterocycles. The number of carbonyl (C=O) groups excluding carboxylic acids is 2. The van der Waals surface area contributed by atoms with E-state index in [4.69, 9.17) is 29.3 Å². The molecule has 0 amide bonds. The molecule has 246 valence electrons. The molecule has 0 bridgehead atoms. The normalized spacial score (nSPS) is 10.8. The molecule has 0 atom stereocenters. The van der Waals surface area contributed by atoms with Crippen LogP contribution in [0.15, 0.2) is 48.7 Å². The van der Waals surface area contributed by atoms with Gasteiger partial charge in [0.15, 0.2) is 0 Å². The van der Waals surface area contributed by atoms with Gasteiger partial charge in [0, 0.05) is 23.8 Å². The van der Waals surface area contributed by atoms with E-state index in [0.29, 0.717) is 30.0 Å². The molecule has 0 saturated carbocycles. The molecule has 0 aliphatic carbocycles.